The Bertz CT molecular complexity index is 744. The molecule has 0 unspecified atom stereocenters. The van der Waals surface area contributed by atoms with E-state index in [0.29, 0.717) is 0 Å². The maximum absolute atomic E-state index is 3.56. The molecule has 0 amide bonds. The molecule has 0 N–H and O–H groups in total. The van der Waals surface area contributed by atoms with Crippen molar-refractivity contribution >= 4 is 35.1 Å². The first kappa shape index (κ1) is 14.8. The van der Waals surface area contributed by atoms with Gasteiger partial charge in [-0.05, 0) is 34.6 Å². The Hall–Kier alpha value is -2.08. The third kappa shape index (κ3) is 3.76. The third-order valence-electron chi connectivity index (χ3n) is 3.47. The smallest absolute Gasteiger partial charge is 0.119 e. The molecule has 3 rings (SSSR count). The summed E-state index contributed by atoms with van der Waals surface area (Å²) in [6.07, 6.45) is 0. The van der Waals surface area contributed by atoms with Crippen molar-refractivity contribution in [2.24, 2.45) is 0 Å². The normalized spacial score (nSPS) is 10.1. The fourth-order valence-electron chi connectivity index (χ4n) is 2.34. The van der Waals surface area contributed by atoms with Crippen molar-refractivity contribution in [2.45, 2.75) is 0 Å². The van der Waals surface area contributed by atoms with E-state index in [2.05, 4.69) is 100 Å². The minimum Gasteiger partial charge on any atom is -0.119 e. The highest BCUT2D eigenvalue weighted by molar-refractivity contribution is 9.10. The minimum atomic E-state index is -1.51. The average Bonchev–Trinajstić information content (AvgIpc) is 2.59. The monoisotopic (exact) mass is 362 g/mol. The lowest BCUT2D eigenvalue weighted by molar-refractivity contribution is 1.61. The fourth-order valence-corrected chi connectivity index (χ4v) is 4.85. The summed E-state index contributed by atoms with van der Waals surface area (Å²) < 4.78 is 1.08. The lowest BCUT2D eigenvalue weighted by atomic mass is 10.2. The van der Waals surface area contributed by atoms with Crippen molar-refractivity contribution < 1.29 is 0 Å². The summed E-state index contributed by atoms with van der Waals surface area (Å²) in [5.74, 6) is 3.36. The van der Waals surface area contributed by atoms with Crippen LogP contribution in [0, 0.1) is 11.5 Å². The molecule has 0 saturated carbocycles. The molecule has 0 aromatic heterocycles. The first-order valence-electron chi connectivity index (χ1n) is 7.20. The molecule has 2 heteroatoms. The van der Waals surface area contributed by atoms with Gasteiger partial charge in [-0.2, -0.15) is 0 Å². The Labute approximate surface area is 141 Å². The van der Waals surface area contributed by atoms with Crippen LogP contribution in [0.15, 0.2) is 89.4 Å². The highest BCUT2D eigenvalue weighted by Gasteiger charge is 2.12. The molecule has 0 aliphatic carbocycles. The molecular formula is C20H15BrSi. The van der Waals surface area contributed by atoms with Gasteiger partial charge in [-0.15, -0.1) is 5.54 Å². The van der Waals surface area contributed by atoms with Gasteiger partial charge in [-0.1, -0.05) is 82.5 Å². The molecule has 0 saturated heterocycles. The van der Waals surface area contributed by atoms with Crippen LogP contribution in [-0.2, 0) is 0 Å². The second-order valence-corrected chi connectivity index (χ2v) is 8.43. The molecule has 0 nitrogen and oxygen atoms in total. The van der Waals surface area contributed by atoms with Gasteiger partial charge in [0.1, 0.15) is 0 Å². The molecular weight excluding hydrogens is 348 g/mol. The molecule has 0 fully saturated rings. The predicted octanol–water partition coefficient (Wildman–Crippen LogP) is 3.38. The molecule has 0 radical (unpaired) electrons. The third-order valence-corrected chi connectivity index (χ3v) is 6.54. The van der Waals surface area contributed by atoms with Gasteiger partial charge in [0, 0.05) is 10.0 Å². The topological polar surface area (TPSA) is 0 Å². The lowest BCUT2D eigenvalue weighted by Crippen LogP contribution is -2.41. The van der Waals surface area contributed by atoms with E-state index in [9.17, 15) is 0 Å². The number of hydrogen-bond donors (Lipinski definition) is 0. The molecule has 0 bridgehead atoms. The number of hydrogen-bond acceptors (Lipinski definition) is 0. The first-order chi connectivity index (χ1) is 10.8. The molecule has 0 spiro atoms. The lowest BCUT2D eigenvalue weighted by Gasteiger charge is -2.09. The van der Waals surface area contributed by atoms with Crippen molar-refractivity contribution in [3.8, 4) is 11.5 Å². The zero-order chi connectivity index (χ0) is 15.2. The first-order valence-corrected chi connectivity index (χ1v) is 9.72. The molecule has 22 heavy (non-hydrogen) atoms. The molecule has 0 aliphatic heterocycles. The van der Waals surface area contributed by atoms with Crippen molar-refractivity contribution in [2.75, 3.05) is 0 Å². The Morgan fingerprint density at radius 3 is 1.64 bits per heavy atom. The molecule has 106 valence electrons. The van der Waals surface area contributed by atoms with E-state index >= 15 is 0 Å². The van der Waals surface area contributed by atoms with Gasteiger partial charge in [0.25, 0.3) is 0 Å². The van der Waals surface area contributed by atoms with Crippen LogP contribution in [-0.4, -0.2) is 8.80 Å². The van der Waals surface area contributed by atoms with E-state index in [1.165, 1.54) is 10.4 Å². The van der Waals surface area contributed by atoms with Crippen LogP contribution >= 0.6 is 15.9 Å². The second-order valence-electron chi connectivity index (χ2n) is 5.03. The highest BCUT2D eigenvalue weighted by atomic mass is 79.9. The van der Waals surface area contributed by atoms with Crippen LogP contribution in [0.1, 0.15) is 5.56 Å². The number of rotatable bonds is 2. The van der Waals surface area contributed by atoms with Gasteiger partial charge in [0.2, 0.25) is 0 Å². The van der Waals surface area contributed by atoms with Crippen molar-refractivity contribution in [1.29, 1.82) is 0 Å². The Kier molecular flexibility index (Phi) is 4.90. The molecule has 0 atom stereocenters. The van der Waals surface area contributed by atoms with Crippen molar-refractivity contribution in [3.63, 3.8) is 0 Å². The summed E-state index contributed by atoms with van der Waals surface area (Å²) in [5, 5.41) is 2.72. The van der Waals surface area contributed by atoms with Gasteiger partial charge in [0.05, 0.1) is 0 Å². The zero-order valence-electron chi connectivity index (χ0n) is 12.0. The SMILES string of the molecule is Brc1ccc(C#C[SiH](c2ccccc2)c2ccccc2)cc1. The van der Waals surface area contributed by atoms with Crippen LogP contribution in [0.5, 0.6) is 0 Å². The maximum atomic E-state index is 3.56. The average molecular weight is 363 g/mol. The standard InChI is InChI=1S/C20H15BrSi/c21-18-13-11-17(12-14-18)15-16-22(19-7-3-1-4-8-19)20-9-5-2-6-10-20/h1-14,22H. The summed E-state index contributed by atoms with van der Waals surface area (Å²) >= 11 is 3.46. The van der Waals surface area contributed by atoms with Gasteiger partial charge < -0.3 is 0 Å². The minimum absolute atomic E-state index is 1.06. The molecule has 3 aromatic rings. The number of halogens is 1. The summed E-state index contributed by atoms with van der Waals surface area (Å²) in [6, 6.07) is 29.5. The molecule has 0 heterocycles. The highest BCUT2D eigenvalue weighted by Crippen LogP contribution is 2.09. The molecule has 0 aliphatic rings. The Morgan fingerprint density at radius 1 is 0.636 bits per heavy atom. The fraction of sp³-hybridized carbons (Fsp3) is 0. The van der Waals surface area contributed by atoms with Crippen LogP contribution in [0.4, 0.5) is 0 Å². The van der Waals surface area contributed by atoms with Gasteiger partial charge in [0.15, 0.2) is 8.80 Å². The summed E-state index contributed by atoms with van der Waals surface area (Å²) in [4.78, 5) is 0. The van der Waals surface area contributed by atoms with Crippen LogP contribution in [0.3, 0.4) is 0 Å². The predicted molar refractivity (Wildman–Crippen MR) is 100 cm³/mol. The molecule has 3 aromatic carbocycles. The Balaban J connectivity index is 1.98. The van der Waals surface area contributed by atoms with Crippen LogP contribution in [0.2, 0.25) is 0 Å². The van der Waals surface area contributed by atoms with Crippen molar-refractivity contribution in [3.05, 3.63) is 95.0 Å². The van der Waals surface area contributed by atoms with Gasteiger partial charge in [-0.3, -0.25) is 0 Å². The van der Waals surface area contributed by atoms with Crippen LogP contribution < -0.4 is 10.4 Å². The summed E-state index contributed by atoms with van der Waals surface area (Å²) in [7, 11) is -1.51. The number of benzene rings is 3. The van der Waals surface area contributed by atoms with E-state index in [1.807, 2.05) is 12.1 Å². The largest absolute Gasteiger partial charge is 0.184 e. The zero-order valence-corrected chi connectivity index (χ0v) is 14.8. The second kappa shape index (κ2) is 7.26. The summed E-state index contributed by atoms with van der Waals surface area (Å²) in [6.45, 7) is 0. The quantitative estimate of drug-likeness (QED) is 0.484. The van der Waals surface area contributed by atoms with E-state index in [0.717, 1.165) is 10.0 Å². The maximum Gasteiger partial charge on any atom is 0.184 e. The Morgan fingerprint density at radius 2 is 1.14 bits per heavy atom. The van der Waals surface area contributed by atoms with E-state index in [1.54, 1.807) is 0 Å². The van der Waals surface area contributed by atoms with Gasteiger partial charge in [-0.25, -0.2) is 0 Å². The van der Waals surface area contributed by atoms with Crippen LogP contribution in [0.25, 0.3) is 0 Å². The van der Waals surface area contributed by atoms with E-state index < -0.39 is 8.80 Å². The summed E-state index contributed by atoms with van der Waals surface area (Å²) in [5.41, 5.74) is 4.62. The van der Waals surface area contributed by atoms with Crippen molar-refractivity contribution in [1.82, 2.24) is 0 Å². The van der Waals surface area contributed by atoms with Gasteiger partial charge >= 0.3 is 0 Å². The van der Waals surface area contributed by atoms with E-state index in [-0.39, 0.29) is 0 Å². The van der Waals surface area contributed by atoms with E-state index in [4.69, 9.17) is 0 Å².